The van der Waals surface area contributed by atoms with Crippen LogP contribution in [0.15, 0.2) is 24.3 Å². The summed E-state index contributed by atoms with van der Waals surface area (Å²) in [6.45, 7) is 15.6. The Bertz CT molecular complexity index is 347. The molecule has 0 aliphatic carbocycles. The van der Waals surface area contributed by atoms with Gasteiger partial charge >= 0.3 is 11.9 Å². The summed E-state index contributed by atoms with van der Waals surface area (Å²) >= 11 is 0. The fourth-order valence-electron chi connectivity index (χ4n) is 0.429. The molecule has 0 spiro atoms. The van der Waals surface area contributed by atoms with Gasteiger partial charge in [-0.25, -0.2) is 9.59 Å². The molecule has 22 heavy (non-hydrogen) atoms. The van der Waals surface area contributed by atoms with Gasteiger partial charge in [0, 0.05) is 11.1 Å². The Morgan fingerprint density at radius 3 is 1.32 bits per heavy atom. The van der Waals surface area contributed by atoms with Crippen LogP contribution in [0.3, 0.4) is 0 Å². The van der Waals surface area contributed by atoms with Gasteiger partial charge in [0.05, 0.1) is 41.4 Å². The van der Waals surface area contributed by atoms with Crippen LogP contribution in [0, 0.1) is 0 Å². The predicted molar refractivity (Wildman–Crippen MR) is 86.9 cm³/mol. The standard InChI is InChI=1S/C6H10O2.C5H14N.C5H8O2.ClH/c1-4-8-6(7)5(2)3;1-5-6(2,3)4;1-4(2)5(6)7-3;/h2,4H2,1,3H3;5H2,1-4H3;1H2,2-3H3;1H/q;+1;;/p-1. The molecule has 0 saturated carbocycles. The van der Waals surface area contributed by atoms with Gasteiger partial charge in [0.25, 0.3) is 0 Å². The number of methoxy groups -OCH3 is 1. The zero-order chi connectivity index (χ0) is 17.6. The van der Waals surface area contributed by atoms with Gasteiger partial charge in [-0.3, -0.25) is 0 Å². The number of nitrogens with zero attached hydrogens (tertiary/aromatic N) is 1. The van der Waals surface area contributed by atoms with E-state index in [-0.39, 0.29) is 24.3 Å². The summed E-state index contributed by atoms with van der Waals surface area (Å²) in [5.74, 6) is -0.660. The van der Waals surface area contributed by atoms with Gasteiger partial charge in [-0.2, -0.15) is 0 Å². The molecule has 0 rings (SSSR count). The van der Waals surface area contributed by atoms with Crippen molar-refractivity contribution >= 4 is 11.9 Å². The van der Waals surface area contributed by atoms with E-state index in [4.69, 9.17) is 0 Å². The zero-order valence-electron chi connectivity index (χ0n) is 15.3. The predicted octanol–water partition coefficient (Wildman–Crippen LogP) is -0.422. The van der Waals surface area contributed by atoms with Crippen molar-refractivity contribution in [3.05, 3.63) is 24.3 Å². The molecule has 5 nitrogen and oxygen atoms in total. The molecule has 0 radical (unpaired) electrons. The van der Waals surface area contributed by atoms with Gasteiger partial charge in [0.1, 0.15) is 0 Å². The topological polar surface area (TPSA) is 52.6 Å². The lowest BCUT2D eigenvalue weighted by atomic mass is 10.4. The molecule has 6 heteroatoms. The summed E-state index contributed by atoms with van der Waals surface area (Å²) in [7, 11) is 7.87. The number of quaternary nitrogens is 1. The molecule has 0 fully saturated rings. The molecular weight excluding hydrogens is 306 g/mol. The molecule has 0 N–H and O–H groups in total. The van der Waals surface area contributed by atoms with Crippen LogP contribution in [0.5, 0.6) is 0 Å². The van der Waals surface area contributed by atoms with Crippen molar-refractivity contribution < 1.29 is 36.0 Å². The van der Waals surface area contributed by atoms with E-state index in [1.54, 1.807) is 20.8 Å². The molecular formula is C16H32ClNO4. The third kappa shape index (κ3) is 27.1. The number of rotatable bonds is 4. The molecule has 0 bridgehead atoms. The second-order valence-electron chi connectivity index (χ2n) is 5.38. The molecule has 0 aromatic heterocycles. The van der Waals surface area contributed by atoms with E-state index in [0.717, 1.165) is 4.48 Å². The third-order valence-corrected chi connectivity index (χ3v) is 2.11. The molecule has 0 saturated heterocycles. The van der Waals surface area contributed by atoms with Crippen LogP contribution in [0.25, 0.3) is 0 Å². The number of hydrogen-bond donors (Lipinski definition) is 0. The first-order valence-electron chi connectivity index (χ1n) is 6.79. The van der Waals surface area contributed by atoms with Crippen molar-refractivity contribution in [3.63, 3.8) is 0 Å². The highest BCUT2D eigenvalue weighted by atomic mass is 35.5. The fraction of sp³-hybridized carbons (Fsp3) is 0.625. The van der Waals surface area contributed by atoms with Crippen molar-refractivity contribution in [1.82, 2.24) is 0 Å². The Hall–Kier alpha value is -1.33. The van der Waals surface area contributed by atoms with Crippen LogP contribution in [0.2, 0.25) is 0 Å². The van der Waals surface area contributed by atoms with Gasteiger partial charge < -0.3 is 26.4 Å². The Morgan fingerprint density at radius 1 is 0.955 bits per heavy atom. The second kappa shape index (κ2) is 16.0. The summed E-state index contributed by atoms with van der Waals surface area (Å²) in [4.78, 5) is 20.6. The van der Waals surface area contributed by atoms with E-state index in [0.29, 0.717) is 17.8 Å². The molecule has 0 atom stereocenters. The number of halogens is 1. The SMILES string of the molecule is C=C(C)C(=O)OC.C=C(C)C(=O)OCC.CC[N+](C)(C)C.[Cl-]. The van der Waals surface area contributed by atoms with Gasteiger partial charge in [0.2, 0.25) is 0 Å². The highest BCUT2D eigenvalue weighted by molar-refractivity contribution is 5.87. The van der Waals surface area contributed by atoms with E-state index >= 15 is 0 Å². The normalized spacial score (nSPS) is 8.73. The van der Waals surface area contributed by atoms with E-state index in [2.05, 4.69) is 50.7 Å². The fourth-order valence-corrected chi connectivity index (χ4v) is 0.429. The Balaban J connectivity index is -0.000000109. The van der Waals surface area contributed by atoms with Crippen molar-refractivity contribution in [2.24, 2.45) is 0 Å². The molecule has 0 aromatic rings. The van der Waals surface area contributed by atoms with Gasteiger partial charge in [-0.1, -0.05) is 13.2 Å². The quantitative estimate of drug-likeness (QED) is 0.397. The van der Waals surface area contributed by atoms with Gasteiger partial charge in [-0.15, -0.1) is 0 Å². The summed E-state index contributed by atoms with van der Waals surface area (Å²) in [5.41, 5.74) is 0.884. The zero-order valence-corrected chi connectivity index (χ0v) is 16.0. The van der Waals surface area contributed by atoms with Crippen molar-refractivity contribution in [2.75, 3.05) is 41.4 Å². The maximum Gasteiger partial charge on any atom is 0.333 e. The summed E-state index contributed by atoms with van der Waals surface area (Å²) in [6, 6.07) is 0. The average molecular weight is 338 g/mol. The minimum absolute atomic E-state index is 0. The highest BCUT2D eigenvalue weighted by Crippen LogP contribution is 1.89. The second-order valence-corrected chi connectivity index (χ2v) is 5.38. The summed E-state index contributed by atoms with van der Waals surface area (Å²) < 4.78 is 9.91. The smallest absolute Gasteiger partial charge is 0.333 e. The maximum atomic E-state index is 10.4. The molecule has 0 aliphatic heterocycles. The highest BCUT2D eigenvalue weighted by Gasteiger charge is 1.98. The third-order valence-electron chi connectivity index (χ3n) is 2.11. The van der Waals surface area contributed by atoms with Crippen LogP contribution in [0.4, 0.5) is 0 Å². The van der Waals surface area contributed by atoms with E-state index in [9.17, 15) is 9.59 Å². The van der Waals surface area contributed by atoms with Crippen LogP contribution < -0.4 is 12.4 Å². The molecule has 0 aliphatic rings. The monoisotopic (exact) mass is 337 g/mol. The molecule has 0 aromatic carbocycles. The lowest BCUT2D eigenvalue weighted by Crippen LogP contribution is -3.00. The molecule has 132 valence electrons. The van der Waals surface area contributed by atoms with Gasteiger partial charge in [0.15, 0.2) is 0 Å². The number of carbonyl (C=O) groups is 2. The summed E-state index contributed by atoms with van der Waals surface area (Å²) in [5, 5.41) is 0. The molecule has 0 unspecified atom stereocenters. The Labute approximate surface area is 142 Å². The number of carbonyl (C=O) groups excluding carboxylic acids is 2. The van der Waals surface area contributed by atoms with Crippen LogP contribution in [0.1, 0.15) is 27.7 Å². The number of esters is 2. The molecule has 0 amide bonds. The van der Waals surface area contributed by atoms with Crippen LogP contribution >= 0.6 is 0 Å². The van der Waals surface area contributed by atoms with Gasteiger partial charge in [-0.05, 0) is 27.7 Å². The first kappa shape index (κ1) is 28.8. The van der Waals surface area contributed by atoms with Crippen molar-refractivity contribution in [3.8, 4) is 0 Å². The summed E-state index contributed by atoms with van der Waals surface area (Å²) in [6.07, 6.45) is 0. The largest absolute Gasteiger partial charge is 1.00 e. The Morgan fingerprint density at radius 2 is 1.27 bits per heavy atom. The Kier molecular flexibility index (Phi) is 21.0. The van der Waals surface area contributed by atoms with Crippen LogP contribution in [-0.4, -0.2) is 57.8 Å². The average Bonchev–Trinajstić information content (AvgIpc) is 2.38. The first-order chi connectivity index (χ1) is 9.42. The minimum atomic E-state index is -0.347. The van der Waals surface area contributed by atoms with Crippen molar-refractivity contribution in [1.29, 1.82) is 0 Å². The number of hydrogen-bond acceptors (Lipinski definition) is 4. The lowest BCUT2D eigenvalue weighted by molar-refractivity contribution is -0.868. The van der Waals surface area contributed by atoms with Crippen molar-refractivity contribution in [2.45, 2.75) is 27.7 Å². The minimum Gasteiger partial charge on any atom is -1.00 e. The van der Waals surface area contributed by atoms with Crippen LogP contribution in [-0.2, 0) is 19.1 Å². The molecule has 0 heterocycles. The van der Waals surface area contributed by atoms with E-state index in [1.807, 2.05) is 0 Å². The maximum absolute atomic E-state index is 10.4. The van der Waals surface area contributed by atoms with E-state index < -0.39 is 0 Å². The van der Waals surface area contributed by atoms with E-state index in [1.165, 1.54) is 13.7 Å². The lowest BCUT2D eigenvalue weighted by Gasteiger charge is -2.20. The number of ether oxygens (including phenoxy) is 2. The first-order valence-corrected chi connectivity index (χ1v) is 6.79.